The average Bonchev–Trinajstić information content (AvgIpc) is 3.66. The number of hydrogen-bond donors (Lipinski definition) is 9. The number of guanidine groups is 2. The number of halogens is 2. The fourth-order valence-electron chi connectivity index (χ4n) is 6.50. The number of nitrogens with one attached hydrogen (secondary N) is 3. The number of nitrogens with zero attached hydrogens (tertiary/aromatic N) is 3. The number of carbonyl (C=O) groups excluding carboxylic acids is 2. The number of aliphatic imine (C=N–C) groups is 2. The molecule has 1 saturated heterocycles. The molecule has 0 unspecified atom stereocenters. The molecule has 2 amide bonds. The molecule has 4 aromatic rings. The molecule has 0 bridgehead atoms. The largest absolute Gasteiger partial charge is 0.379 e. The molecule has 5 rings (SSSR count). The molecule has 3 atom stereocenters. The van der Waals surface area contributed by atoms with Gasteiger partial charge in [-0.25, -0.2) is 0 Å². The van der Waals surface area contributed by atoms with Crippen LogP contribution in [0.2, 0.25) is 0 Å². The lowest BCUT2D eigenvalue weighted by Crippen LogP contribution is -2.59. The Hall–Kier alpha value is -4.12. The van der Waals surface area contributed by atoms with E-state index < -0.39 is 29.1 Å². The number of aliphatic hydroxyl groups is 2. The van der Waals surface area contributed by atoms with E-state index in [1.165, 1.54) is 0 Å². The molecule has 3 heterocycles. The van der Waals surface area contributed by atoms with E-state index in [-0.39, 0.29) is 31.4 Å². The maximum atomic E-state index is 14.6. The Morgan fingerprint density at radius 2 is 1.46 bits per heavy atom. The van der Waals surface area contributed by atoms with Crippen LogP contribution in [-0.2, 0) is 16.0 Å². The van der Waals surface area contributed by atoms with Gasteiger partial charge in [0.15, 0.2) is 17.5 Å². The zero-order valence-electron chi connectivity index (χ0n) is 26.2. The fraction of sp³-hybridized carbons (Fsp3) is 0.375. The lowest BCUT2D eigenvalue weighted by Gasteiger charge is -2.37. The van der Waals surface area contributed by atoms with Crippen LogP contribution in [0.4, 0.5) is 0 Å². The van der Waals surface area contributed by atoms with Crippen molar-refractivity contribution < 1.29 is 19.8 Å². The summed E-state index contributed by atoms with van der Waals surface area (Å²) in [5, 5.41) is 29.7. The molecule has 1 fully saturated rings. The van der Waals surface area contributed by atoms with Crippen LogP contribution in [-0.4, -0.2) is 86.3 Å². The Labute approximate surface area is 293 Å². The number of amides is 2. The lowest BCUT2D eigenvalue weighted by atomic mass is 9.75. The van der Waals surface area contributed by atoms with Gasteiger partial charge >= 0.3 is 0 Å². The van der Waals surface area contributed by atoms with Gasteiger partial charge in [0.1, 0.15) is 0 Å². The summed E-state index contributed by atoms with van der Waals surface area (Å²) in [5.41, 5.74) is 19.6. The lowest BCUT2D eigenvalue weighted by molar-refractivity contribution is -0.167. The van der Waals surface area contributed by atoms with Crippen molar-refractivity contribution in [3.8, 4) is 0 Å². The summed E-state index contributed by atoms with van der Waals surface area (Å²) >= 11 is 6.97. The van der Waals surface area contributed by atoms with Gasteiger partial charge in [0.05, 0.1) is 5.92 Å². The van der Waals surface area contributed by atoms with Crippen molar-refractivity contribution in [2.75, 3.05) is 26.2 Å². The SMILES string of the molecule is NC(N)=NCCCCNC(=O)[C@]1(O)[C@H](c2c[nH]c3cc(Br)ccc23)[C@](O)(Cc2c[nH]c3cc(Br)ccc23)C(=O)N1CCCCN=C(N)N. The number of H-pyrrole nitrogens is 2. The van der Waals surface area contributed by atoms with Crippen LogP contribution in [0.5, 0.6) is 0 Å². The van der Waals surface area contributed by atoms with Crippen molar-refractivity contribution in [2.45, 2.75) is 49.3 Å². The molecular weight excluding hydrogens is 748 g/mol. The van der Waals surface area contributed by atoms with Crippen LogP contribution in [0.25, 0.3) is 21.8 Å². The Balaban J connectivity index is 1.58. The van der Waals surface area contributed by atoms with Gasteiger partial charge in [-0.15, -0.1) is 0 Å². The smallest absolute Gasteiger partial charge is 0.274 e. The summed E-state index contributed by atoms with van der Waals surface area (Å²) in [6.07, 6.45) is 5.09. The first-order valence-corrected chi connectivity index (χ1v) is 17.1. The molecule has 2 aromatic heterocycles. The monoisotopic (exact) mass is 786 g/mol. The summed E-state index contributed by atoms with van der Waals surface area (Å²) in [5.74, 6) is -3.06. The maximum absolute atomic E-state index is 14.6. The Kier molecular flexibility index (Phi) is 10.7. The molecule has 0 spiro atoms. The highest BCUT2D eigenvalue weighted by Crippen LogP contribution is 2.51. The van der Waals surface area contributed by atoms with Crippen molar-refractivity contribution in [1.82, 2.24) is 20.2 Å². The quantitative estimate of drug-likeness (QED) is 0.0518. The Morgan fingerprint density at radius 3 is 2.10 bits per heavy atom. The van der Waals surface area contributed by atoms with E-state index in [0.29, 0.717) is 60.8 Å². The number of nitrogens with two attached hydrogens (primary N) is 4. The summed E-state index contributed by atoms with van der Waals surface area (Å²) in [6, 6.07) is 11.1. The molecule has 0 saturated carbocycles. The average molecular weight is 789 g/mol. The van der Waals surface area contributed by atoms with E-state index in [1.807, 2.05) is 36.4 Å². The minimum absolute atomic E-state index is 0.0241. The summed E-state index contributed by atoms with van der Waals surface area (Å²) in [7, 11) is 0. The number of benzene rings is 2. The van der Waals surface area contributed by atoms with E-state index >= 15 is 0 Å². The van der Waals surface area contributed by atoms with E-state index in [1.54, 1.807) is 12.4 Å². The van der Waals surface area contributed by atoms with E-state index in [0.717, 1.165) is 24.7 Å². The summed E-state index contributed by atoms with van der Waals surface area (Å²) in [6.45, 7) is 0.801. The molecule has 2 aromatic carbocycles. The second-order valence-electron chi connectivity index (χ2n) is 11.9. The minimum atomic E-state index is -2.47. The Bertz CT molecular complexity index is 1870. The Morgan fingerprint density at radius 1 is 0.875 bits per heavy atom. The highest BCUT2D eigenvalue weighted by Gasteiger charge is 2.70. The molecule has 1 aliphatic rings. The van der Waals surface area contributed by atoms with Gasteiger partial charge in [-0.1, -0.05) is 44.0 Å². The van der Waals surface area contributed by atoms with Crippen molar-refractivity contribution in [3.63, 3.8) is 0 Å². The van der Waals surface area contributed by atoms with Crippen LogP contribution in [0, 0.1) is 0 Å². The van der Waals surface area contributed by atoms with E-state index in [4.69, 9.17) is 22.9 Å². The van der Waals surface area contributed by atoms with Gasteiger partial charge in [-0.3, -0.25) is 19.6 Å². The molecule has 256 valence electrons. The first kappa shape index (κ1) is 35.2. The third-order valence-electron chi connectivity index (χ3n) is 8.67. The normalized spacial score (nSPS) is 20.8. The van der Waals surface area contributed by atoms with E-state index in [9.17, 15) is 19.8 Å². The second kappa shape index (κ2) is 14.6. The first-order chi connectivity index (χ1) is 22.9. The van der Waals surface area contributed by atoms with Gasteiger partial charge in [-0.2, -0.15) is 0 Å². The fourth-order valence-corrected chi connectivity index (χ4v) is 7.22. The highest BCUT2D eigenvalue weighted by molar-refractivity contribution is 9.10. The number of aromatic amines is 2. The van der Waals surface area contributed by atoms with Gasteiger partial charge in [0, 0.05) is 75.7 Å². The third-order valence-corrected chi connectivity index (χ3v) is 9.65. The molecule has 1 aliphatic heterocycles. The molecule has 48 heavy (non-hydrogen) atoms. The van der Waals surface area contributed by atoms with Gasteiger partial charge in [-0.05, 0) is 61.1 Å². The van der Waals surface area contributed by atoms with Crippen LogP contribution >= 0.6 is 31.9 Å². The zero-order valence-corrected chi connectivity index (χ0v) is 29.4. The molecule has 13 N–H and O–H groups in total. The number of aromatic nitrogens is 2. The van der Waals surface area contributed by atoms with E-state index in [2.05, 4.69) is 57.1 Å². The number of unbranched alkanes of at least 4 members (excludes halogenated alkanes) is 2. The van der Waals surface area contributed by atoms with Crippen molar-refractivity contribution in [1.29, 1.82) is 0 Å². The topological polar surface area (TPSA) is 250 Å². The minimum Gasteiger partial charge on any atom is -0.379 e. The molecule has 0 radical (unpaired) electrons. The zero-order chi connectivity index (χ0) is 34.6. The highest BCUT2D eigenvalue weighted by atomic mass is 79.9. The number of fused-ring (bicyclic) bond motifs is 2. The van der Waals surface area contributed by atoms with Crippen molar-refractivity contribution in [3.05, 3.63) is 68.9 Å². The standard InChI is InChI=1S/C32H40Br2N10O4/c33-19-5-7-21-18(16-42-24(21)13-19)15-31(47)26(23-17-43-25-14-20(34)6-8-22(23)25)32(48,27(45)39-9-1-2-10-40-29(35)36)44(28(31)46)12-4-3-11-41-30(37)38/h5-8,13-14,16-17,26,42-43,47-48H,1-4,9-12,15H2,(H,39,45)(H4,35,36,40)(H4,37,38,41)/t26-,31-,32-/m1/s1. The molecular formula is C32H40Br2N10O4. The van der Waals surface area contributed by atoms with Crippen molar-refractivity contribution in [2.24, 2.45) is 32.9 Å². The molecule has 14 nitrogen and oxygen atoms in total. The number of rotatable bonds is 14. The van der Waals surface area contributed by atoms with Crippen LogP contribution in [0.1, 0.15) is 42.7 Å². The third kappa shape index (κ3) is 7.02. The summed E-state index contributed by atoms with van der Waals surface area (Å²) < 4.78 is 1.67. The molecule has 16 heteroatoms. The van der Waals surface area contributed by atoms with Gasteiger partial charge in [0.2, 0.25) is 5.72 Å². The van der Waals surface area contributed by atoms with Gasteiger partial charge in [0.25, 0.3) is 11.8 Å². The van der Waals surface area contributed by atoms with Gasteiger partial charge < -0.3 is 53.3 Å². The number of likely N-dealkylation sites (tertiary alicyclic amines) is 1. The summed E-state index contributed by atoms with van der Waals surface area (Å²) in [4.78, 5) is 44.3. The van der Waals surface area contributed by atoms with Crippen LogP contribution in [0.3, 0.4) is 0 Å². The maximum Gasteiger partial charge on any atom is 0.274 e. The number of carbonyl (C=O) groups is 2. The second-order valence-corrected chi connectivity index (χ2v) is 13.8. The molecule has 0 aliphatic carbocycles. The van der Waals surface area contributed by atoms with Crippen molar-refractivity contribution >= 4 is 77.4 Å². The van der Waals surface area contributed by atoms with Crippen LogP contribution < -0.4 is 28.3 Å². The predicted molar refractivity (Wildman–Crippen MR) is 193 cm³/mol. The predicted octanol–water partition coefficient (Wildman–Crippen LogP) is 1.99. The van der Waals surface area contributed by atoms with Crippen LogP contribution in [0.15, 0.2) is 67.7 Å². The first-order valence-electron chi connectivity index (χ1n) is 15.5. The number of hydrogen-bond acceptors (Lipinski definition) is 6.